The number of benzene rings is 2. The number of hydrogen-bond acceptors (Lipinski definition) is 5. The predicted molar refractivity (Wildman–Crippen MR) is 112 cm³/mol. The highest BCUT2D eigenvalue weighted by Gasteiger charge is 2.26. The van der Waals surface area contributed by atoms with Gasteiger partial charge in [0.1, 0.15) is 10.7 Å². The summed E-state index contributed by atoms with van der Waals surface area (Å²) in [5.74, 6) is -1.93. The molecule has 0 amide bonds. The van der Waals surface area contributed by atoms with E-state index in [0.29, 0.717) is 11.5 Å². The first-order valence-corrected chi connectivity index (χ1v) is 11.2. The van der Waals surface area contributed by atoms with Gasteiger partial charge in [-0.1, -0.05) is 52.0 Å². The molecule has 162 valence electrons. The quantitative estimate of drug-likeness (QED) is 0.439. The molecule has 0 fully saturated rings. The van der Waals surface area contributed by atoms with Gasteiger partial charge in [-0.05, 0) is 29.7 Å². The van der Waals surface area contributed by atoms with E-state index in [-0.39, 0.29) is 18.7 Å². The third kappa shape index (κ3) is 5.31. The van der Waals surface area contributed by atoms with E-state index in [9.17, 15) is 22.4 Å². The van der Waals surface area contributed by atoms with Crippen LogP contribution in [0.25, 0.3) is 0 Å². The molecule has 0 aliphatic carbocycles. The molecule has 0 spiro atoms. The van der Waals surface area contributed by atoms with Crippen LogP contribution in [0, 0.1) is 5.82 Å². The topological polar surface area (TPSA) is 80.8 Å². The largest absolute Gasteiger partial charge is 0.454 e. The molecule has 0 bridgehead atoms. The van der Waals surface area contributed by atoms with Crippen LogP contribution in [0.1, 0.15) is 59.9 Å². The summed E-state index contributed by atoms with van der Waals surface area (Å²) in [6, 6.07) is 9.97. The number of ketones is 1. The number of nitrogens with zero attached hydrogens (tertiary/aromatic N) is 1. The van der Waals surface area contributed by atoms with Crippen molar-refractivity contribution in [3.05, 3.63) is 65.0 Å². The van der Waals surface area contributed by atoms with Crippen molar-refractivity contribution in [3.8, 4) is 0 Å². The van der Waals surface area contributed by atoms with E-state index in [0.717, 1.165) is 28.1 Å². The van der Waals surface area contributed by atoms with Gasteiger partial charge in [0.25, 0.3) is 0 Å². The molecule has 8 heteroatoms. The molecule has 0 heterocycles. The maximum Gasteiger partial charge on any atom is 0.338 e. The zero-order valence-corrected chi connectivity index (χ0v) is 18.3. The highest BCUT2D eigenvalue weighted by atomic mass is 32.2. The number of sulfonamides is 1. The molecule has 30 heavy (non-hydrogen) atoms. The Hall–Kier alpha value is -2.58. The summed E-state index contributed by atoms with van der Waals surface area (Å²) in [5.41, 5.74) is 1.33. The Balaban J connectivity index is 2.15. The van der Waals surface area contributed by atoms with Crippen LogP contribution < -0.4 is 0 Å². The Labute approximate surface area is 176 Å². The van der Waals surface area contributed by atoms with Crippen molar-refractivity contribution in [2.45, 2.75) is 38.5 Å². The fourth-order valence-corrected chi connectivity index (χ4v) is 4.43. The SMILES string of the molecule is CCN(CC)S(=O)(=O)c1cc(C(=O)OCC(=O)c2ccc(C(C)C)cc2)ccc1F. The van der Waals surface area contributed by atoms with Crippen LogP contribution in [0.4, 0.5) is 4.39 Å². The summed E-state index contributed by atoms with van der Waals surface area (Å²) in [7, 11) is -4.09. The Morgan fingerprint density at radius 1 is 1.00 bits per heavy atom. The third-order valence-corrected chi connectivity index (χ3v) is 6.79. The number of esters is 1. The lowest BCUT2D eigenvalue weighted by molar-refractivity contribution is 0.0474. The smallest absolute Gasteiger partial charge is 0.338 e. The van der Waals surface area contributed by atoms with Crippen LogP contribution in [0.5, 0.6) is 0 Å². The van der Waals surface area contributed by atoms with Crippen molar-refractivity contribution in [2.75, 3.05) is 19.7 Å². The van der Waals surface area contributed by atoms with Crippen molar-refractivity contribution in [1.29, 1.82) is 0 Å². The van der Waals surface area contributed by atoms with Gasteiger partial charge in [-0.25, -0.2) is 17.6 Å². The van der Waals surface area contributed by atoms with Gasteiger partial charge in [-0.15, -0.1) is 0 Å². The van der Waals surface area contributed by atoms with E-state index >= 15 is 0 Å². The molecule has 0 unspecified atom stereocenters. The van der Waals surface area contributed by atoms with Crippen LogP contribution in [0.3, 0.4) is 0 Å². The lowest BCUT2D eigenvalue weighted by Crippen LogP contribution is -2.31. The second-order valence-corrected chi connectivity index (χ2v) is 8.92. The Bertz CT molecular complexity index is 1010. The minimum Gasteiger partial charge on any atom is -0.454 e. The van der Waals surface area contributed by atoms with E-state index in [1.807, 2.05) is 26.0 Å². The molecular weight excluding hydrogens is 409 g/mol. The Morgan fingerprint density at radius 3 is 2.10 bits per heavy atom. The van der Waals surface area contributed by atoms with Crippen molar-refractivity contribution < 1.29 is 27.1 Å². The second kappa shape index (κ2) is 9.95. The van der Waals surface area contributed by atoms with Gasteiger partial charge in [-0.2, -0.15) is 4.31 Å². The number of carbonyl (C=O) groups excluding carboxylic acids is 2. The third-order valence-electron chi connectivity index (χ3n) is 4.72. The molecule has 0 aliphatic rings. The van der Waals surface area contributed by atoms with Crippen molar-refractivity contribution in [2.24, 2.45) is 0 Å². The molecule has 6 nitrogen and oxygen atoms in total. The number of Topliss-reactive ketones (excluding diaryl/α,β-unsaturated/α-hetero) is 1. The highest BCUT2D eigenvalue weighted by Crippen LogP contribution is 2.21. The number of hydrogen-bond donors (Lipinski definition) is 0. The summed E-state index contributed by atoms with van der Waals surface area (Å²) >= 11 is 0. The van der Waals surface area contributed by atoms with Crippen molar-refractivity contribution in [3.63, 3.8) is 0 Å². The Kier molecular flexibility index (Phi) is 7.86. The first kappa shape index (κ1) is 23.7. The average molecular weight is 436 g/mol. The second-order valence-electron chi connectivity index (χ2n) is 7.01. The monoisotopic (exact) mass is 435 g/mol. The lowest BCUT2D eigenvalue weighted by Gasteiger charge is -2.19. The first-order valence-electron chi connectivity index (χ1n) is 9.71. The molecule has 0 aromatic heterocycles. The van der Waals surface area contributed by atoms with E-state index in [2.05, 4.69) is 0 Å². The molecule has 0 atom stereocenters. The molecule has 0 saturated heterocycles. The number of carbonyl (C=O) groups is 2. The summed E-state index contributed by atoms with van der Waals surface area (Å²) in [5, 5.41) is 0. The highest BCUT2D eigenvalue weighted by molar-refractivity contribution is 7.89. The fourth-order valence-electron chi connectivity index (χ4n) is 2.88. The predicted octanol–water partition coefficient (Wildman–Crippen LogP) is 4.02. The van der Waals surface area contributed by atoms with Gasteiger partial charge in [-0.3, -0.25) is 4.79 Å². The summed E-state index contributed by atoms with van der Waals surface area (Å²) in [6.45, 7) is 7.17. The van der Waals surface area contributed by atoms with Crippen LogP contribution in [0.2, 0.25) is 0 Å². The fraction of sp³-hybridized carbons (Fsp3) is 0.364. The molecular formula is C22H26FNO5S. The molecule has 0 saturated carbocycles. The van der Waals surface area contributed by atoms with Gasteiger partial charge >= 0.3 is 5.97 Å². The molecule has 2 aromatic carbocycles. The van der Waals surface area contributed by atoms with Crippen LogP contribution in [-0.2, 0) is 14.8 Å². The molecule has 0 aliphatic heterocycles. The summed E-state index contributed by atoms with van der Waals surface area (Å²) in [6.07, 6.45) is 0. The summed E-state index contributed by atoms with van der Waals surface area (Å²) < 4.78 is 45.5. The number of rotatable bonds is 9. The van der Waals surface area contributed by atoms with Gasteiger partial charge in [0.05, 0.1) is 5.56 Å². The molecule has 0 N–H and O–H groups in total. The minimum atomic E-state index is -4.09. The Morgan fingerprint density at radius 2 is 1.57 bits per heavy atom. The minimum absolute atomic E-state index is 0.148. The zero-order valence-electron chi connectivity index (χ0n) is 17.5. The number of ether oxygens (including phenoxy) is 1. The van der Waals surface area contributed by atoms with Gasteiger partial charge in [0.15, 0.2) is 12.4 Å². The van der Waals surface area contributed by atoms with Crippen LogP contribution in [0.15, 0.2) is 47.4 Å². The van der Waals surface area contributed by atoms with Gasteiger partial charge in [0.2, 0.25) is 10.0 Å². The van der Waals surface area contributed by atoms with Crippen LogP contribution in [-0.4, -0.2) is 44.2 Å². The number of halogens is 1. The van der Waals surface area contributed by atoms with Crippen molar-refractivity contribution >= 4 is 21.8 Å². The maximum atomic E-state index is 14.2. The first-order chi connectivity index (χ1) is 14.1. The maximum absolute atomic E-state index is 14.2. The van der Waals surface area contributed by atoms with E-state index in [1.165, 1.54) is 0 Å². The standard InChI is InChI=1S/C22H26FNO5S/c1-5-24(6-2)30(27,28)21-13-18(11-12-19(21)23)22(26)29-14-20(25)17-9-7-16(8-10-17)15(3)4/h7-13,15H,5-6,14H2,1-4H3. The molecule has 2 rings (SSSR count). The zero-order chi connectivity index (χ0) is 22.5. The average Bonchev–Trinajstić information content (AvgIpc) is 2.72. The van der Waals surface area contributed by atoms with Gasteiger partial charge in [0, 0.05) is 18.7 Å². The summed E-state index contributed by atoms with van der Waals surface area (Å²) in [4.78, 5) is 24.0. The van der Waals surface area contributed by atoms with E-state index in [4.69, 9.17) is 4.74 Å². The van der Waals surface area contributed by atoms with Crippen molar-refractivity contribution in [1.82, 2.24) is 4.31 Å². The van der Waals surface area contributed by atoms with E-state index < -0.39 is 39.1 Å². The normalized spacial score (nSPS) is 11.7. The molecule has 0 radical (unpaired) electrons. The van der Waals surface area contributed by atoms with Crippen LogP contribution >= 0.6 is 0 Å². The van der Waals surface area contributed by atoms with Gasteiger partial charge < -0.3 is 4.74 Å². The van der Waals surface area contributed by atoms with E-state index in [1.54, 1.807) is 26.0 Å². The molecule has 2 aromatic rings. The lowest BCUT2D eigenvalue weighted by atomic mass is 10.0.